The second kappa shape index (κ2) is 6.58. The van der Waals surface area contributed by atoms with Gasteiger partial charge in [-0.15, -0.1) is 22.7 Å². The lowest BCUT2D eigenvalue weighted by Crippen LogP contribution is -2.18. The van der Waals surface area contributed by atoms with Crippen LogP contribution in [0.25, 0.3) is 10.6 Å². The third kappa shape index (κ3) is 3.20. The van der Waals surface area contributed by atoms with Gasteiger partial charge in [0.05, 0.1) is 10.6 Å². The van der Waals surface area contributed by atoms with E-state index in [4.69, 9.17) is 0 Å². The van der Waals surface area contributed by atoms with Crippen LogP contribution < -0.4 is 4.80 Å². The molecule has 2 aromatic heterocycles. The molecule has 0 aliphatic heterocycles. The van der Waals surface area contributed by atoms with E-state index in [1.807, 2.05) is 12.1 Å². The lowest BCUT2D eigenvalue weighted by atomic mass is 10.2. The molecule has 0 saturated heterocycles. The molecule has 0 aliphatic carbocycles. The van der Waals surface area contributed by atoms with E-state index < -0.39 is 0 Å². The molecule has 0 amide bonds. The number of aromatic nitrogens is 1. The van der Waals surface area contributed by atoms with Crippen molar-refractivity contribution >= 4 is 28.4 Å². The fraction of sp³-hybridized carbons (Fsp3) is 0.235. The molecule has 0 bridgehead atoms. The van der Waals surface area contributed by atoms with Gasteiger partial charge in [0, 0.05) is 11.9 Å². The van der Waals surface area contributed by atoms with Crippen molar-refractivity contribution in [3.8, 4) is 10.6 Å². The van der Waals surface area contributed by atoms with E-state index in [2.05, 4.69) is 40.2 Å². The van der Waals surface area contributed by atoms with Gasteiger partial charge in [0.2, 0.25) is 0 Å². The van der Waals surface area contributed by atoms with Gasteiger partial charge in [0.15, 0.2) is 4.80 Å². The third-order valence-electron chi connectivity index (χ3n) is 3.19. The van der Waals surface area contributed by atoms with Crippen LogP contribution in [0.1, 0.15) is 13.8 Å². The van der Waals surface area contributed by atoms with E-state index in [-0.39, 0.29) is 5.82 Å². The van der Waals surface area contributed by atoms with Crippen molar-refractivity contribution < 1.29 is 4.39 Å². The van der Waals surface area contributed by atoms with Crippen molar-refractivity contribution in [1.82, 2.24) is 4.57 Å². The van der Waals surface area contributed by atoms with Gasteiger partial charge >= 0.3 is 0 Å². The largest absolute Gasteiger partial charge is 0.315 e. The summed E-state index contributed by atoms with van der Waals surface area (Å²) in [7, 11) is 0. The topological polar surface area (TPSA) is 17.3 Å². The highest BCUT2D eigenvalue weighted by Gasteiger charge is 2.11. The van der Waals surface area contributed by atoms with Crippen molar-refractivity contribution in [3.05, 3.63) is 57.8 Å². The second-order valence-electron chi connectivity index (χ2n) is 5.45. The zero-order valence-electron chi connectivity index (χ0n) is 12.5. The van der Waals surface area contributed by atoms with Gasteiger partial charge in [-0.05, 0) is 29.5 Å². The SMILES string of the molecule is CC(C)Cn1c(-c2cccs2)csc1=Nc1ccccc1F. The Balaban J connectivity index is 2.14. The van der Waals surface area contributed by atoms with Gasteiger partial charge in [-0.1, -0.05) is 32.0 Å². The number of rotatable bonds is 4. The third-order valence-corrected chi connectivity index (χ3v) is 4.94. The Morgan fingerprint density at radius 1 is 1.14 bits per heavy atom. The molecule has 2 nitrogen and oxygen atoms in total. The standard InChI is InChI=1S/C17H17FN2S2/c1-12(2)10-20-15(16-8-5-9-21-16)11-22-17(20)19-14-7-4-3-6-13(14)18/h3-9,11-12H,10H2,1-2H3. The molecule has 0 atom stereocenters. The van der Waals surface area contributed by atoms with E-state index in [9.17, 15) is 4.39 Å². The Bertz CT molecular complexity index is 813. The van der Waals surface area contributed by atoms with E-state index in [1.54, 1.807) is 34.8 Å². The first kappa shape index (κ1) is 15.2. The number of hydrogen-bond acceptors (Lipinski definition) is 3. The summed E-state index contributed by atoms with van der Waals surface area (Å²) in [6.45, 7) is 5.22. The molecule has 5 heteroatoms. The fourth-order valence-corrected chi connectivity index (χ4v) is 3.98. The predicted molar refractivity (Wildman–Crippen MR) is 92.1 cm³/mol. The number of nitrogens with zero attached hydrogens (tertiary/aromatic N) is 2. The van der Waals surface area contributed by atoms with Crippen LogP contribution in [0.5, 0.6) is 0 Å². The van der Waals surface area contributed by atoms with Crippen molar-refractivity contribution in [2.75, 3.05) is 0 Å². The maximum atomic E-state index is 13.9. The Labute approximate surface area is 137 Å². The van der Waals surface area contributed by atoms with Crippen molar-refractivity contribution in [2.24, 2.45) is 10.9 Å². The first-order valence-electron chi connectivity index (χ1n) is 7.16. The molecule has 0 saturated carbocycles. The summed E-state index contributed by atoms with van der Waals surface area (Å²) in [5.41, 5.74) is 1.54. The minimum Gasteiger partial charge on any atom is -0.315 e. The average Bonchev–Trinajstić information content (AvgIpc) is 3.11. The second-order valence-corrected chi connectivity index (χ2v) is 7.23. The zero-order chi connectivity index (χ0) is 15.5. The molecule has 3 rings (SSSR count). The molecule has 22 heavy (non-hydrogen) atoms. The summed E-state index contributed by atoms with van der Waals surface area (Å²) in [6.07, 6.45) is 0. The summed E-state index contributed by atoms with van der Waals surface area (Å²) in [5, 5.41) is 4.17. The van der Waals surface area contributed by atoms with Gasteiger partial charge in [0.1, 0.15) is 11.5 Å². The molecule has 0 unspecified atom stereocenters. The number of halogens is 1. The number of para-hydroxylation sites is 1. The zero-order valence-corrected chi connectivity index (χ0v) is 14.1. The minimum atomic E-state index is -0.287. The molecular formula is C17H17FN2S2. The molecule has 0 radical (unpaired) electrons. The maximum Gasteiger partial charge on any atom is 0.190 e. The molecule has 3 aromatic rings. The first-order valence-corrected chi connectivity index (χ1v) is 8.92. The lowest BCUT2D eigenvalue weighted by Gasteiger charge is -2.10. The molecule has 114 valence electrons. The van der Waals surface area contributed by atoms with Crippen LogP contribution in [-0.4, -0.2) is 4.57 Å². The van der Waals surface area contributed by atoms with Crippen molar-refractivity contribution in [1.29, 1.82) is 0 Å². The molecule has 0 fully saturated rings. The lowest BCUT2D eigenvalue weighted by molar-refractivity contribution is 0.518. The smallest absolute Gasteiger partial charge is 0.190 e. The Morgan fingerprint density at radius 2 is 1.95 bits per heavy atom. The predicted octanol–water partition coefficient (Wildman–Crippen LogP) is 5.31. The normalized spacial score (nSPS) is 12.3. The van der Waals surface area contributed by atoms with Gasteiger partial charge in [0.25, 0.3) is 0 Å². The summed E-state index contributed by atoms with van der Waals surface area (Å²) < 4.78 is 16.0. The van der Waals surface area contributed by atoms with Gasteiger partial charge in [-0.25, -0.2) is 9.38 Å². The Hall–Kier alpha value is -1.72. The van der Waals surface area contributed by atoms with Crippen LogP contribution in [0.3, 0.4) is 0 Å². The first-order chi connectivity index (χ1) is 10.6. The average molecular weight is 332 g/mol. The van der Waals surface area contributed by atoms with Crippen LogP contribution >= 0.6 is 22.7 Å². The van der Waals surface area contributed by atoms with Gasteiger partial charge in [-0.2, -0.15) is 0 Å². The van der Waals surface area contributed by atoms with Crippen molar-refractivity contribution in [2.45, 2.75) is 20.4 Å². The highest BCUT2D eigenvalue weighted by molar-refractivity contribution is 7.14. The fourth-order valence-electron chi connectivity index (χ4n) is 2.23. The number of benzene rings is 1. The van der Waals surface area contributed by atoms with Gasteiger partial charge < -0.3 is 4.57 Å². The van der Waals surface area contributed by atoms with Crippen molar-refractivity contribution in [3.63, 3.8) is 0 Å². The number of thiophene rings is 1. The van der Waals surface area contributed by atoms with Crippen LogP contribution in [0.2, 0.25) is 0 Å². The highest BCUT2D eigenvalue weighted by atomic mass is 32.1. The van der Waals surface area contributed by atoms with Crippen LogP contribution in [-0.2, 0) is 6.54 Å². The van der Waals surface area contributed by atoms with E-state index in [0.29, 0.717) is 11.6 Å². The monoisotopic (exact) mass is 332 g/mol. The summed E-state index contributed by atoms with van der Waals surface area (Å²) >= 11 is 3.27. The van der Waals surface area contributed by atoms with Gasteiger partial charge in [-0.3, -0.25) is 0 Å². The van der Waals surface area contributed by atoms with E-state index in [0.717, 1.165) is 17.0 Å². The minimum absolute atomic E-state index is 0.287. The Morgan fingerprint density at radius 3 is 2.64 bits per heavy atom. The van der Waals surface area contributed by atoms with Crippen LogP contribution in [0.4, 0.5) is 10.1 Å². The summed E-state index contributed by atoms with van der Waals surface area (Å²) in [6, 6.07) is 10.8. The highest BCUT2D eigenvalue weighted by Crippen LogP contribution is 2.26. The number of thiazole rings is 1. The number of hydrogen-bond donors (Lipinski definition) is 0. The molecule has 1 aromatic carbocycles. The summed E-state index contributed by atoms with van der Waals surface area (Å²) in [5.74, 6) is 0.206. The quantitative estimate of drug-likeness (QED) is 0.616. The van der Waals surface area contributed by atoms with Crippen LogP contribution in [0, 0.1) is 11.7 Å². The molecular weight excluding hydrogens is 315 g/mol. The molecule has 2 heterocycles. The molecule has 0 N–H and O–H groups in total. The summed E-state index contributed by atoms with van der Waals surface area (Å²) in [4.78, 5) is 6.59. The van der Waals surface area contributed by atoms with E-state index in [1.165, 1.54) is 10.9 Å². The maximum absolute atomic E-state index is 13.9. The Kier molecular flexibility index (Phi) is 4.55. The van der Waals surface area contributed by atoms with Crippen LogP contribution in [0.15, 0.2) is 52.2 Å². The molecule has 0 spiro atoms. The molecule has 0 aliphatic rings. The van der Waals surface area contributed by atoms with E-state index >= 15 is 0 Å².